The number of halogens is 1. The highest BCUT2D eigenvalue weighted by atomic mass is 35.5. The van der Waals surface area contributed by atoms with Gasteiger partial charge in [-0.15, -0.1) is 0 Å². The highest BCUT2D eigenvalue weighted by Gasteiger charge is 2.21. The maximum absolute atomic E-state index is 10.9. The minimum atomic E-state index is -1.18. The summed E-state index contributed by atoms with van der Waals surface area (Å²) in [5.74, 6) is -1.79. The molecule has 8 heteroatoms. The van der Waals surface area contributed by atoms with Gasteiger partial charge >= 0.3 is 11.7 Å². The quantitative estimate of drug-likeness (QED) is 0.664. The zero-order chi connectivity index (χ0) is 14.9. The third-order valence-corrected chi connectivity index (χ3v) is 2.75. The Balaban J connectivity index is 2.66. The average Bonchev–Trinajstić information content (AvgIpc) is 2.40. The van der Waals surface area contributed by atoms with E-state index in [9.17, 15) is 20.0 Å². The standard InChI is InChI=1S/C12H7ClN2O5/c13-7-4-8(11(16)10(5-7)15(19)20)9-3-6(12(17)18)1-2-14-9/h1-5,16H,(H,17,18). The first-order valence-electron chi connectivity index (χ1n) is 5.26. The van der Waals surface area contributed by atoms with Gasteiger partial charge in [0.2, 0.25) is 5.75 Å². The van der Waals surface area contributed by atoms with Crippen molar-refractivity contribution in [2.45, 2.75) is 0 Å². The molecule has 0 saturated carbocycles. The molecule has 0 saturated heterocycles. The number of nitro benzene ring substituents is 1. The van der Waals surface area contributed by atoms with E-state index in [1.807, 2.05) is 0 Å². The molecule has 1 aromatic heterocycles. The van der Waals surface area contributed by atoms with Crippen LogP contribution in [0.15, 0.2) is 30.5 Å². The molecule has 0 atom stereocenters. The molecule has 0 spiro atoms. The molecule has 0 fully saturated rings. The van der Waals surface area contributed by atoms with E-state index >= 15 is 0 Å². The second kappa shape index (κ2) is 5.14. The molecular formula is C12H7ClN2O5. The Morgan fingerprint density at radius 1 is 1.35 bits per heavy atom. The molecule has 1 aromatic carbocycles. The van der Waals surface area contributed by atoms with Gasteiger partial charge < -0.3 is 10.2 Å². The maximum atomic E-state index is 10.9. The Morgan fingerprint density at radius 3 is 2.65 bits per heavy atom. The molecule has 0 aliphatic rings. The number of phenols is 1. The molecule has 2 N–H and O–H groups in total. The first-order chi connectivity index (χ1) is 9.40. The molecule has 0 aliphatic heterocycles. The lowest BCUT2D eigenvalue weighted by Gasteiger charge is -2.06. The van der Waals surface area contributed by atoms with Crippen molar-refractivity contribution < 1.29 is 19.9 Å². The molecule has 2 aromatic rings. The van der Waals surface area contributed by atoms with Crippen molar-refractivity contribution in [1.82, 2.24) is 4.98 Å². The Kier molecular flexibility index (Phi) is 3.53. The Labute approximate surface area is 117 Å². The van der Waals surface area contributed by atoms with E-state index in [1.54, 1.807) is 0 Å². The Bertz CT molecular complexity index is 717. The van der Waals surface area contributed by atoms with Gasteiger partial charge in [-0.2, -0.15) is 0 Å². The highest BCUT2D eigenvalue weighted by Crippen LogP contribution is 2.38. The average molecular weight is 295 g/mol. The normalized spacial score (nSPS) is 10.2. The lowest BCUT2D eigenvalue weighted by atomic mass is 10.1. The van der Waals surface area contributed by atoms with Crippen molar-refractivity contribution in [2.75, 3.05) is 0 Å². The number of carboxylic acids is 1. The number of carbonyl (C=O) groups is 1. The van der Waals surface area contributed by atoms with Crippen molar-refractivity contribution in [3.63, 3.8) is 0 Å². The topological polar surface area (TPSA) is 114 Å². The van der Waals surface area contributed by atoms with Gasteiger partial charge in [0.05, 0.1) is 21.7 Å². The molecule has 0 bridgehead atoms. The minimum absolute atomic E-state index is 0.00713. The molecule has 0 aliphatic carbocycles. The number of aromatic hydroxyl groups is 1. The molecule has 0 unspecified atom stereocenters. The van der Waals surface area contributed by atoms with Crippen LogP contribution in [0.2, 0.25) is 5.02 Å². The van der Waals surface area contributed by atoms with Crippen LogP contribution in [-0.2, 0) is 0 Å². The van der Waals surface area contributed by atoms with Crippen LogP contribution in [0.3, 0.4) is 0 Å². The van der Waals surface area contributed by atoms with Gasteiger partial charge in [-0.05, 0) is 18.2 Å². The van der Waals surface area contributed by atoms with Crippen molar-refractivity contribution >= 4 is 23.3 Å². The van der Waals surface area contributed by atoms with Crippen LogP contribution < -0.4 is 0 Å². The third-order valence-electron chi connectivity index (χ3n) is 2.53. The van der Waals surface area contributed by atoms with Crippen LogP contribution in [0.4, 0.5) is 5.69 Å². The summed E-state index contributed by atoms with van der Waals surface area (Å²) in [6, 6.07) is 4.73. The first kappa shape index (κ1) is 13.8. The number of phenolic OH excluding ortho intramolecular Hbond substituents is 1. The summed E-state index contributed by atoms with van der Waals surface area (Å²) in [5, 5.41) is 29.6. The summed E-state index contributed by atoms with van der Waals surface area (Å²) in [6.45, 7) is 0. The summed E-state index contributed by atoms with van der Waals surface area (Å²) in [4.78, 5) is 24.8. The van der Waals surface area contributed by atoms with Gasteiger partial charge in [0.25, 0.3) is 0 Å². The molecule has 0 amide bonds. The summed E-state index contributed by atoms with van der Waals surface area (Å²) in [6.07, 6.45) is 1.23. The van der Waals surface area contributed by atoms with Crippen molar-refractivity contribution in [3.8, 4) is 17.0 Å². The van der Waals surface area contributed by atoms with Gasteiger partial charge in [-0.3, -0.25) is 15.1 Å². The lowest BCUT2D eigenvalue weighted by molar-refractivity contribution is -0.385. The Hall–Kier alpha value is -2.67. The number of hydrogen-bond acceptors (Lipinski definition) is 5. The first-order valence-corrected chi connectivity index (χ1v) is 5.64. The van der Waals surface area contributed by atoms with Gasteiger partial charge in [0.15, 0.2) is 0 Å². The molecule has 0 radical (unpaired) electrons. The van der Waals surface area contributed by atoms with Gasteiger partial charge in [-0.25, -0.2) is 4.79 Å². The highest BCUT2D eigenvalue weighted by molar-refractivity contribution is 6.31. The molecule has 1 heterocycles. The lowest BCUT2D eigenvalue weighted by Crippen LogP contribution is -1.98. The van der Waals surface area contributed by atoms with Crippen LogP contribution in [0.5, 0.6) is 5.75 Å². The molecule has 102 valence electrons. The van der Waals surface area contributed by atoms with E-state index < -0.39 is 22.3 Å². The number of benzene rings is 1. The minimum Gasteiger partial charge on any atom is -0.502 e. The van der Waals surface area contributed by atoms with Gasteiger partial charge in [-0.1, -0.05) is 11.6 Å². The van der Waals surface area contributed by atoms with Crippen LogP contribution in [0.1, 0.15) is 10.4 Å². The summed E-state index contributed by atoms with van der Waals surface area (Å²) < 4.78 is 0. The fraction of sp³-hybridized carbons (Fsp3) is 0. The van der Waals surface area contributed by atoms with E-state index in [0.717, 1.165) is 6.07 Å². The molecule has 20 heavy (non-hydrogen) atoms. The van der Waals surface area contributed by atoms with E-state index in [0.29, 0.717) is 0 Å². The molecular weight excluding hydrogens is 288 g/mol. The number of nitro groups is 1. The number of rotatable bonds is 3. The fourth-order valence-electron chi connectivity index (χ4n) is 1.63. The fourth-order valence-corrected chi connectivity index (χ4v) is 1.84. The SMILES string of the molecule is O=C(O)c1ccnc(-c2cc(Cl)cc([N+](=O)[O-])c2O)c1. The maximum Gasteiger partial charge on any atom is 0.335 e. The molecule has 2 rings (SSSR count). The zero-order valence-electron chi connectivity index (χ0n) is 9.78. The number of aromatic carboxylic acids is 1. The van der Waals surface area contributed by atoms with Gasteiger partial charge in [0, 0.05) is 17.3 Å². The number of pyridine rings is 1. The van der Waals surface area contributed by atoms with Crippen LogP contribution in [0.25, 0.3) is 11.3 Å². The van der Waals surface area contributed by atoms with E-state index in [2.05, 4.69) is 4.98 Å². The summed E-state index contributed by atoms with van der Waals surface area (Å²) in [5.41, 5.74) is -0.563. The van der Waals surface area contributed by atoms with Crippen molar-refractivity contribution in [1.29, 1.82) is 0 Å². The van der Waals surface area contributed by atoms with Crippen molar-refractivity contribution in [2.24, 2.45) is 0 Å². The van der Waals surface area contributed by atoms with Crippen LogP contribution in [-0.4, -0.2) is 26.1 Å². The largest absolute Gasteiger partial charge is 0.502 e. The predicted molar refractivity (Wildman–Crippen MR) is 70.0 cm³/mol. The summed E-state index contributed by atoms with van der Waals surface area (Å²) in [7, 11) is 0. The number of carboxylic acid groups (broad SMARTS) is 1. The van der Waals surface area contributed by atoms with E-state index in [4.69, 9.17) is 16.7 Å². The van der Waals surface area contributed by atoms with Crippen molar-refractivity contribution in [3.05, 3.63) is 51.2 Å². The van der Waals surface area contributed by atoms with Gasteiger partial charge in [0.1, 0.15) is 0 Å². The zero-order valence-corrected chi connectivity index (χ0v) is 10.5. The monoisotopic (exact) mass is 294 g/mol. The smallest absolute Gasteiger partial charge is 0.335 e. The third kappa shape index (κ3) is 2.52. The summed E-state index contributed by atoms with van der Waals surface area (Å²) >= 11 is 5.76. The number of hydrogen-bond donors (Lipinski definition) is 2. The van der Waals surface area contributed by atoms with Crippen LogP contribution >= 0.6 is 11.6 Å². The predicted octanol–water partition coefficient (Wildman–Crippen LogP) is 2.71. The van der Waals surface area contributed by atoms with E-state index in [-0.39, 0.29) is 21.8 Å². The van der Waals surface area contributed by atoms with E-state index in [1.165, 1.54) is 24.4 Å². The number of nitrogens with zero attached hydrogens (tertiary/aromatic N) is 2. The second-order valence-electron chi connectivity index (χ2n) is 3.81. The number of aromatic nitrogens is 1. The van der Waals surface area contributed by atoms with Crippen LogP contribution in [0, 0.1) is 10.1 Å². The molecule has 7 nitrogen and oxygen atoms in total. The Morgan fingerprint density at radius 2 is 2.05 bits per heavy atom. The second-order valence-corrected chi connectivity index (χ2v) is 4.25.